The van der Waals surface area contributed by atoms with E-state index >= 15 is 0 Å². The Bertz CT molecular complexity index is 334. The van der Waals surface area contributed by atoms with Crippen LogP contribution in [0.5, 0.6) is 0 Å². The summed E-state index contributed by atoms with van der Waals surface area (Å²) in [4.78, 5) is 0. The van der Waals surface area contributed by atoms with Gasteiger partial charge in [-0.15, -0.1) is 0 Å². The molecule has 0 heterocycles. The van der Waals surface area contributed by atoms with E-state index in [0.717, 1.165) is 6.42 Å². The van der Waals surface area contributed by atoms with Gasteiger partial charge in [0.15, 0.2) is 0 Å². The molecule has 0 amide bonds. The SMILES string of the molecule is C=C/C=C/NC(/C=C\C)C(/C=C\C)C(C)/C=C\CC. The molecule has 0 aromatic heterocycles. The molecule has 3 atom stereocenters. The fourth-order valence-corrected chi connectivity index (χ4v) is 2.06. The van der Waals surface area contributed by atoms with E-state index in [2.05, 4.69) is 76.0 Å². The second kappa shape index (κ2) is 11.6. The summed E-state index contributed by atoms with van der Waals surface area (Å²) in [5, 5.41) is 3.44. The Kier molecular flexibility index (Phi) is 10.7. The maximum Gasteiger partial charge on any atom is 0.0507 e. The first-order valence-corrected chi connectivity index (χ1v) is 7.17. The van der Waals surface area contributed by atoms with Crippen molar-refractivity contribution in [2.24, 2.45) is 11.8 Å². The molecule has 1 N–H and O–H groups in total. The van der Waals surface area contributed by atoms with Gasteiger partial charge in [0.25, 0.3) is 0 Å². The zero-order valence-electron chi connectivity index (χ0n) is 12.8. The van der Waals surface area contributed by atoms with Crippen LogP contribution in [0.3, 0.4) is 0 Å². The van der Waals surface area contributed by atoms with E-state index < -0.39 is 0 Å². The maximum atomic E-state index is 3.69. The van der Waals surface area contributed by atoms with Crippen LogP contribution in [0.25, 0.3) is 0 Å². The van der Waals surface area contributed by atoms with Gasteiger partial charge in [-0.25, -0.2) is 0 Å². The summed E-state index contributed by atoms with van der Waals surface area (Å²) in [6.45, 7) is 12.3. The zero-order chi connectivity index (χ0) is 14.5. The van der Waals surface area contributed by atoms with Crippen LogP contribution < -0.4 is 5.32 Å². The van der Waals surface area contributed by atoms with Gasteiger partial charge in [0, 0.05) is 5.92 Å². The summed E-state index contributed by atoms with van der Waals surface area (Å²) in [7, 11) is 0. The molecule has 1 nitrogen and oxygen atoms in total. The minimum absolute atomic E-state index is 0.300. The lowest BCUT2D eigenvalue weighted by Crippen LogP contribution is -2.33. The lowest BCUT2D eigenvalue weighted by molar-refractivity contribution is 0.431. The highest BCUT2D eigenvalue weighted by Gasteiger charge is 2.19. The average molecular weight is 259 g/mol. The number of nitrogens with one attached hydrogen (secondary N) is 1. The van der Waals surface area contributed by atoms with Crippen molar-refractivity contribution >= 4 is 0 Å². The van der Waals surface area contributed by atoms with Crippen LogP contribution >= 0.6 is 0 Å². The van der Waals surface area contributed by atoms with E-state index in [1.54, 1.807) is 6.08 Å². The van der Waals surface area contributed by atoms with Crippen LogP contribution in [0.2, 0.25) is 0 Å². The third kappa shape index (κ3) is 7.50. The van der Waals surface area contributed by atoms with Crippen LogP contribution in [-0.4, -0.2) is 6.04 Å². The highest BCUT2D eigenvalue weighted by Crippen LogP contribution is 2.20. The summed E-state index contributed by atoms with van der Waals surface area (Å²) in [6, 6.07) is 0.300. The monoisotopic (exact) mass is 259 g/mol. The molecule has 0 fully saturated rings. The molecule has 0 radical (unpaired) electrons. The molecule has 0 saturated heterocycles. The molecule has 3 unspecified atom stereocenters. The van der Waals surface area contributed by atoms with Gasteiger partial charge < -0.3 is 5.32 Å². The van der Waals surface area contributed by atoms with Crippen LogP contribution in [0.15, 0.2) is 61.4 Å². The third-order valence-electron chi connectivity index (χ3n) is 3.03. The molecule has 0 aromatic rings. The maximum absolute atomic E-state index is 3.69. The van der Waals surface area contributed by atoms with E-state index in [9.17, 15) is 0 Å². The van der Waals surface area contributed by atoms with Crippen LogP contribution in [0.4, 0.5) is 0 Å². The first-order chi connectivity index (χ1) is 9.21. The van der Waals surface area contributed by atoms with Crippen molar-refractivity contribution in [2.75, 3.05) is 0 Å². The molecule has 19 heavy (non-hydrogen) atoms. The molecule has 106 valence electrons. The summed E-state index contributed by atoms with van der Waals surface area (Å²) in [6.07, 6.45) is 20.0. The summed E-state index contributed by atoms with van der Waals surface area (Å²) < 4.78 is 0. The van der Waals surface area contributed by atoms with Gasteiger partial charge in [-0.1, -0.05) is 63.0 Å². The highest BCUT2D eigenvalue weighted by molar-refractivity contribution is 5.10. The molecule has 0 aromatic carbocycles. The largest absolute Gasteiger partial charge is 0.384 e. The van der Waals surface area contributed by atoms with Gasteiger partial charge >= 0.3 is 0 Å². The summed E-state index contributed by atoms with van der Waals surface area (Å²) in [5.74, 6) is 0.945. The second-order valence-electron chi connectivity index (χ2n) is 4.61. The van der Waals surface area contributed by atoms with Gasteiger partial charge in [0.2, 0.25) is 0 Å². The van der Waals surface area contributed by atoms with Crippen molar-refractivity contribution in [2.45, 2.75) is 40.2 Å². The lowest BCUT2D eigenvalue weighted by Gasteiger charge is -2.26. The normalized spacial score (nSPS) is 17.5. The van der Waals surface area contributed by atoms with Gasteiger partial charge in [-0.3, -0.25) is 0 Å². The molecule has 0 rings (SSSR count). The van der Waals surface area contributed by atoms with E-state index in [0.29, 0.717) is 17.9 Å². The number of hydrogen-bond acceptors (Lipinski definition) is 1. The first kappa shape index (κ1) is 17.5. The van der Waals surface area contributed by atoms with Crippen LogP contribution in [-0.2, 0) is 0 Å². The molecule has 0 aliphatic heterocycles. The highest BCUT2D eigenvalue weighted by atomic mass is 14.9. The Morgan fingerprint density at radius 3 is 2.32 bits per heavy atom. The predicted molar refractivity (Wildman–Crippen MR) is 88.0 cm³/mol. The smallest absolute Gasteiger partial charge is 0.0507 e. The predicted octanol–water partition coefficient (Wildman–Crippen LogP) is 5.02. The van der Waals surface area contributed by atoms with E-state index in [1.807, 2.05) is 12.3 Å². The van der Waals surface area contributed by atoms with Crippen LogP contribution in [0, 0.1) is 11.8 Å². The van der Waals surface area contributed by atoms with Gasteiger partial charge in [0.1, 0.15) is 0 Å². The molecule has 0 aliphatic rings. The number of hydrogen-bond donors (Lipinski definition) is 1. The van der Waals surface area contributed by atoms with Gasteiger partial charge in [0.05, 0.1) is 6.04 Å². The molecule has 0 bridgehead atoms. The van der Waals surface area contributed by atoms with Crippen molar-refractivity contribution in [1.29, 1.82) is 0 Å². The minimum Gasteiger partial charge on any atom is -0.384 e. The summed E-state index contributed by atoms with van der Waals surface area (Å²) in [5.41, 5.74) is 0. The van der Waals surface area contributed by atoms with Crippen LogP contribution in [0.1, 0.15) is 34.1 Å². The fourth-order valence-electron chi connectivity index (χ4n) is 2.06. The number of rotatable bonds is 9. The molecule has 0 aliphatic carbocycles. The Balaban J connectivity index is 4.98. The molecular formula is C18H29N. The Morgan fingerprint density at radius 1 is 1.11 bits per heavy atom. The Morgan fingerprint density at radius 2 is 1.79 bits per heavy atom. The summed E-state index contributed by atoms with van der Waals surface area (Å²) >= 11 is 0. The van der Waals surface area contributed by atoms with E-state index in [1.165, 1.54) is 0 Å². The molecule has 0 spiro atoms. The first-order valence-electron chi connectivity index (χ1n) is 7.17. The van der Waals surface area contributed by atoms with Gasteiger partial charge in [-0.2, -0.15) is 0 Å². The Hall–Kier alpha value is -1.50. The fraction of sp³-hybridized carbons (Fsp3) is 0.444. The topological polar surface area (TPSA) is 12.0 Å². The van der Waals surface area contributed by atoms with Crippen molar-refractivity contribution in [3.63, 3.8) is 0 Å². The third-order valence-corrected chi connectivity index (χ3v) is 3.03. The molecule has 0 saturated carbocycles. The quantitative estimate of drug-likeness (QED) is 0.453. The van der Waals surface area contributed by atoms with E-state index in [4.69, 9.17) is 0 Å². The standard InChI is InChI=1S/C18H29N/c1-6-10-14-16(5)17(12-8-3)18(13-9-4)19-15-11-7-2/h7-19H,2,6H2,1,3-5H3/b12-8-,13-9-,14-10-,15-11+. The lowest BCUT2D eigenvalue weighted by atomic mass is 9.86. The minimum atomic E-state index is 0.300. The Labute approximate surface area is 119 Å². The van der Waals surface area contributed by atoms with Crippen molar-refractivity contribution < 1.29 is 0 Å². The molecule has 1 heteroatoms. The van der Waals surface area contributed by atoms with Crippen molar-refractivity contribution in [1.82, 2.24) is 5.32 Å². The van der Waals surface area contributed by atoms with E-state index in [-0.39, 0.29) is 0 Å². The van der Waals surface area contributed by atoms with Crippen molar-refractivity contribution in [3.05, 3.63) is 61.4 Å². The molecular weight excluding hydrogens is 230 g/mol. The van der Waals surface area contributed by atoms with Gasteiger partial charge in [-0.05, 0) is 38.5 Å². The van der Waals surface area contributed by atoms with Crippen molar-refractivity contribution in [3.8, 4) is 0 Å². The average Bonchev–Trinajstić information content (AvgIpc) is 2.41. The number of allylic oxidation sites excluding steroid dienone is 6. The second-order valence-corrected chi connectivity index (χ2v) is 4.61. The zero-order valence-corrected chi connectivity index (χ0v) is 12.8.